The molecule has 0 radical (unpaired) electrons. The molecule has 1 unspecified atom stereocenters. The van der Waals surface area contributed by atoms with Crippen LogP contribution in [0.2, 0.25) is 0 Å². The molecule has 0 bridgehead atoms. The number of carbonyl (C=O) groups is 3. The van der Waals surface area contributed by atoms with Crippen LogP contribution in [0.1, 0.15) is 23.2 Å². The van der Waals surface area contributed by atoms with E-state index in [0.29, 0.717) is 42.3 Å². The second-order valence-electron chi connectivity index (χ2n) is 8.28. The van der Waals surface area contributed by atoms with Crippen LogP contribution in [-0.4, -0.2) is 47.9 Å². The summed E-state index contributed by atoms with van der Waals surface area (Å²) in [6.45, 7) is 4.74. The Morgan fingerprint density at radius 2 is 2.03 bits per heavy atom. The van der Waals surface area contributed by atoms with E-state index in [2.05, 4.69) is 22.2 Å². The molecule has 1 aliphatic carbocycles. The molecule has 1 aromatic carbocycles. The van der Waals surface area contributed by atoms with Gasteiger partial charge < -0.3 is 26.0 Å². The molecule has 2 aromatic rings. The van der Waals surface area contributed by atoms with Crippen LogP contribution < -0.4 is 26.0 Å². The van der Waals surface area contributed by atoms with Crippen molar-refractivity contribution in [1.29, 1.82) is 0 Å². The maximum Gasteiger partial charge on any atom is 0.255 e. The van der Waals surface area contributed by atoms with Gasteiger partial charge >= 0.3 is 0 Å². The molecule has 0 saturated carbocycles. The van der Waals surface area contributed by atoms with E-state index in [0.717, 1.165) is 6.42 Å². The van der Waals surface area contributed by atoms with Crippen LogP contribution in [0, 0.1) is 0 Å². The van der Waals surface area contributed by atoms with Crippen molar-refractivity contribution < 1.29 is 19.1 Å². The first-order valence-electron chi connectivity index (χ1n) is 11.3. The van der Waals surface area contributed by atoms with Crippen LogP contribution in [0.3, 0.4) is 0 Å². The Morgan fingerprint density at radius 1 is 1.23 bits per heavy atom. The summed E-state index contributed by atoms with van der Waals surface area (Å²) in [7, 11) is 0. The summed E-state index contributed by atoms with van der Waals surface area (Å²) in [5.41, 5.74) is 6.96. The van der Waals surface area contributed by atoms with Crippen molar-refractivity contribution in [3.05, 3.63) is 84.6 Å². The second kappa shape index (κ2) is 10.7. The molecule has 1 fully saturated rings. The molecular weight excluding hydrogens is 446 g/mol. The number of primary amides is 1. The second-order valence-corrected chi connectivity index (χ2v) is 8.28. The predicted molar refractivity (Wildman–Crippen MR) is 133 cm³/mol. The van der Waals surface area contributed by atoms with E-state index < -0.39 is 5.91 Å². The van der Waals surface area contributed by atoms with Gasteiger partial charge in [-0.25, -0.2) is 4.98 Å². The molecule has 4 rings (SSSR count). The number of hydrogen-bond donors (Lipinski definition) is 3. The highest BCUT2D eigenvalue weighted by Gasteiger charge is 2.26. The molecule has 0 spiro atoms. The molecule has 3 amide bonds. The number of nitrogens with two attached hydrogens (primary N) is 1. The number of carbonyl (C=O) groups excluding carboxylic acids is 3. The first kappa shape index (κ1) is 23.7. The Hall–Kier alpha value is -4.40. The predicted octanol–water partition coefficient (Wildman–Crippen LogP) is 2.33. The number of aromatic nitrogens is 1. The van der Waals surface area contributed by atoms with Gasteiger partial charge in [-0.15, -0.1) is 0 Å². The maximum atomic E-state index is 12.5. The van der Waals surface area contributed by atoms with Gasteiger partial charge in [0.2, 0.25) is 5.91 Å². The summed E-state index contributed by atoms with van der Waals surface area (Å²) in [5.74, 6) is -0.122. The van der Waals surface area contributed by atoms with Crippen LogP contribution in [0.5, 0.6) is 5.75 Å². The van der Waals surface area contributed by atoms with Crippen molar-refractivity contribution in [1.82, 2.24) is 10.3 Å². The quantitative estimate of drug-likeness (QED) is 0.505. The smallest absolute Gasteiger partial charge is 0.255 e. The van der Waals surface area contributed by atoms with E-state index in [1.54, 1.807) is 24.3 Å². The number of benzene rings is 1. The van der Waals surface area contributed by atoms with E-state index >= 15 is 0 Å². The molecular formula is C26H27N5O4. The highest BCUT2D eigenvalue weighted by molar-refractivity contribution is 6.05. The minimum Gasteiger partial charge on any atom is -0.485 e. The van der Waals surface area contributed by atoms with E-state index in [-0.39, 0.29) is 29.5 Å². The highest BCUT2D eigenvalue weighted by Crippen LogP contribution is 2.28. The van der Waals surface area contributed by atoms with Crippen molar-refractivity contribution >= 4 is 29.2 Å². The first-order chi connectivity index (χ1) is 16.9. The molecule has 4 N–H and O–H groups in total. The van der Waals surface area contributed by atoms with Gasteiger partial charge in [0.1, 0.15) is 17.7 Å². The molecule has 9 heteroatoms. The van der Waals surface area contributed by atoms with Gasteiger partial charge in [-0.2, -0.15) is 0 Å². The van der Waals surface area contributed by atoms with Crippen LogP contribution in [0.4, 0.5) is 11.5 Å². The number of pyridine rings is 1. The lowest BCUT2D eigenvalue weighted by Crippen LogP contribution is -2.36. The highest BCUT2D eigenvalue weighted by atomic mass is 16.5. The molecule has 35 heavy (non-hydrogen) atoms. The van der Waals surface area contributed by atoms with Crippen molar-refractivity contribution in [2.24, 2.45) is 5.73 Å². The normalized spacial score (nSPS) is 19.0. The number of rotatable bonds is 8. The number of nitrogens with one attached hydrogen (secondary N) is 2. The molecule has 2 atom stereocenters. The summed E-state index contributed by atoms with van der Waals surface area (Å²) in [4.78, 5) is 42.4. The van der Waals surface area contributed by atoms with Crippen LogP contribution >= 0.6 is 0 Å². The van der Waals surface area contributed by atoms with Gasteiger partial charge in [-0.3, -0.25) is 14.4 Å². The van der Waals surface area contributed by atoms with Crippen molar-refractivity contribution in [2.45, 2.75) is 25.0 Å². The van der Waals surface area contributed by atoms with Crippen LogP contribution in [-0.2, 0) is 9.59 Å². The molecule has 1 aromatic heterocycles. The molecule has 1 saturated heterocycles. The van der Waals surface area contributed by atoms with Gasteiger partial charge in [-0.05, 0) is 30.7 Å². The number of para-hydroxylation sites is 1. The van der Waals surface area contributed by atoms with E-state index in [9.17, 15) is 14.4 Å². The van der Waals surface area contributed by atoms with Gasteiger partial charge in [0.25, 0.3) is 11.8 Å². The largest absolute Gasteiger partial charge is 0.485 e. The summed E-state index contributed by atoms with van der Waals surface area (Å²) in [6, 6.07) is 10.9. The lowest BCUT2D eigenvalue weighted by atomic mass is 10.0. The Balaban J connectivity index is 1.42. The van der Waals surface area contributed by atoms with E-state index in [1.807, 2.05) is 35.2 Å². The van der Waals surface area contributed by atoms with Crippen LogP contribution in [0.25, 0.3) is 0 Å². The lowest BCUT2D eigenvalue weighted by Gasteiger charge is -2.22. The topological polar surface area (TPSA) is 127 Å². The lowest BCUT2D eigenvalue weighted by molar-refractivity contribution is -0.117. The van der Waals surface area contributed by atoms with Crippen LogP contribution in [0.15, 0.2) is 79.1 Å². The fourth-order valence-corrected chi connectivity index (χ4v) is 3.97. The van der Waals surface area contributed by atoms with E-state index in [4.69, 9.17) is 10.5 Å². The number of amides is 3. The minimum absolute atomic E-state index is 0.0191. The standard InChI is InChI=1S/C26H27N5O4/c1-2-24(32)29-19-12-13-31(16-19)23-14-22(21(15-28-23)25(27)33)35-20-10-8-17(9-11-20)26(34)30-18-6-4-3-5-7-18/h2-10,14-15,19-20H,1,11-13,16H2,(H2,27,33)(H,29,32)(H,30,34)/t19-,20?/m0/s1. The Morgan fingerprint density at radius 3 is 2.71 bits per heavy atom. The summed E-state index contributed by atoms with van der Waals surface area (Å²) in [5, 5.41) is 5.74. The monoisotopic (exact) mass is 473 g/mol. The number of hydrogen-bond acceptors (Lipinski definition) is 6. The van der Waals surface area contributed by atoms with Crippen molar-refractivity contribution in [3.63, 3.8) is 0 Å². The van der Waals surface area contributed by atoms with Gasteiger partial charge in [0.15, 0.2) is 0 Å². The SMILES string of the molecule is C=CC(=O)N[C@H]1CCN(c2cc(OC3C=CC(C(=O)Nc4ccccc4)=CC3)c(C(N)=O)cn2)C1. The summed E-state index contributed by atoms with van der Waals surface area (Å²) in [6.07, 6.45) is 8.76. The molecule has 1 aliphatic heterocycles. The number of ether oxygens (including phenoxy) is 1. The average Bonchev–Trinajstić information content (AvgIpc) is 3.33. The maximum absolute atomic E-state index is 12.5. The zero-order valence-electron chi connectivity index (χ0n) is 19.1. The van der Waals surface area contributed by atoms with Crippen molar-refractivity contribution in [3.8, 4) is 5.75 Å². The number of anilines is 2. The Bertz CT molecular complexity index is 1190. The molecule has 2 aliphatic rings. The minimum atomic E-state index is -0.644. The van der Waals surface area contributed by atoms with E-state index in [1.165, 1.54) is 12.3 Å². The fourth-order valence-electron chi connectivity index (χ4n) is 3.97. The zero-order chi connectivity index (χ0) is 24.8. The van der Waals surface area contributed by atoms with Crippen molar-refractivity contribution in [2.75, 3.05) is 23.3 Å². The first-order valence-corrected chi connectivity index (χ1v) is 11.3. The Labute approximate surface area is 203 Å². The fraction of sp³-hybridized carbons (Fsp3) is 0.231. The van der Waals surface area contributed by atoms with Gasteiger partial charge in [0.05, 0.1) is 5.56 Å². The summed E-state index contributed by atoms with van der Waals surface area (Å²) >= 11 is 0. The third-order valence-corrected chi connectivity index (χ3v) is 5.79. The van der Waals surface area contributed by atoms with Gasteiger partial charge in [-0.1, -0.05) is 36.9 Å². The third kappa shape index (κ3) is 5.94. The van der Waals surface area contributed by atoms with Gasteiger partial charge in [0, 0.05) is 49.1 Å². The average molecular weight is 474 g/mol. The number of nitrogens with zero attached hydrogens (tertiary/aromatic N) is 2. The molecule has 9 nitrogen and oxygen atoms in total. The third-order valence-electron chi connectivity index (χ3n) is 5.79. The zero-order valence-corrected chi connectivity index (χ0v) is 19.1. The molecule has 2 heterocycles. The Kier molecular flexibility index (Phi) is 7.25. The molecule has 180 valence electrons. The summed E-state index contributed by atoms with van der Waals surface area (Å²) < 4.78 is 6.09.